The number of rotatable bonds is 6. The first-order valence-electron chi connectivity index (χ1n) is 8.49. The van der Waals surface area contributed by atoms with Gasteiger partial charge in [-0.1, -0.05) is 35.9 Å². The van der Waals surface area contributed by atoms with Gasteiger partial charge in [-0.05, 0) is 56.5 Å². The summed E-state index contributed by atoms with van der Waals surface area (Å²) in [6.45, 7) is 7.75. The van der Waals surface area contributed by atoms with Gasteiger partial charge in [0, 0.05) is 6.54 Å². The third kappa shape index (κ3) is 5.08. The molecular weight excluding hydrogens is 348 g/mol. The summed E-state index contributed by atoms with van der Waals surface area (Å²) >= 11 is 0. The predicted octanol–water partition coefficient (Wildman–Crippen LogP) is 3.08. The van der Waals surface area contributed by atoms with Gasteiger partial charge in [0.25, 0.3) is 0 Å². The second kappa shape index (κ2) is 7.91. The number of hydrogen-bond donors (Lipinski definition) is 1. The van der Waals surface area contributed by atoms with Gasteiger partial charge in [0.1, 0.15) is 6.04 Å². The Balaban J connectivity index is 2.23. The molecule has 0 saturated carbocycles. The Bertz CT molecular complexity index is 887. The third-order valence-corrected chi connectivity index (χ3v) is 5.34. The van der Waals surface area contributed by atoms with Gasteiger partial charge in [-0.25, -0.2) is 8.42 Å². The number of nitrogens with one attached hydrogen (secondary N) is 1. The minimum atomic E-state index is -3.61. The fourth-order valence-corrected chi connectivity index (χ4v) is 4.20. The van der Waals surface area contributed by atoms with E-state index in [1.807, 2.05) is 51.1 Å². The molecular formula is C20H26N2O3S. The Morgan fingerprint density at radius 1 is 1.04 bits per heavy atom. The summed E-state index contributed by atoms with van der Waals surface area (Å²) in [6.07, 6.45) is 1.12. The van der Waals surface area contributed by atoms with Gasteiger partial charge in [0.2, 0.25) is 15.9 Å². The van der Waals surface area contributed by atoms with Gasteiger partial charge >= 0.3 is 0 Å². The van der Waals surface area contributed by atoms with Crippen LogP contribution in [-0.4, -0.2) is 26.6 Å². The van der Waals surface area contributed by atoms with Crippen LogP contribution >= 0.6 is 0 Å². The van der Waals surface area contributed by atoms with E-state index in [0.717, 1.165) is 28.5 Å². The van der Waals surface area contributed by atoms with Crippen LogP contribution in [-0.2, 0) is 21.4 Å². The van der Waals surface area contributed by atoms with E-state index in [9.17, 15) is 13.2 Å². The Labute approximate surface area is 156 Å². The molecule has 0 saturated heterocycles. The van der Waals surface area contributed by atoms with Crippen molar-refractivity contribution in [2.75, 3.05) is 10.6 Å². The van der Waals surface area contributed by atoms with Crippen molar-refractivity contribution in [1.29, 1.82) is 0 Å². The van der Waals surface area contributed by atoms with Crippen LogP contribution in [0.1, 0.15) is 29.2 Å². The lowest BCUT2D eigenvalue weighted by Gasteiger charge is -2.28. The summed E-state index contributed by atoms with van der Waals surface area (Å²) < 4.78 is 25.9. The standard InChI is InChI=1S/C20H26N2O3S/c1-14-7-6-8-18(10-14)13-21-20(23)17(4)22(26(5,24)25)19-11-15(2)9-16(3)12-19/h6-12,17H,13H2,1-5H3,(H,21,23)/t17-/m0/s1. The van der Waals surface area contributed by atoms with Crippen LogP contribution in [0, 0.1) is 20.8 Å². The van der Waals surface area contributed by atoms with Crippen LogP contribution in [0.2, 0.25) is 0 Å². The lowest BCUT2D eigenvalue weighted by atomic mass is 10.1. The SMILES string of the molecule is Cc1cccc(CNC(=O)[C@H](C)N(c2cc(C)cc(C)c2)S(C)(=O)=O)c1. The third-order valence-electron chi connectivity index (χ3n) is 4.10. The van der Waals surface area contributed by atoms with Gasteiger partial charge in [-0.2, -0.15) is 0 Å². The molecule has 0 aliphatic rings. The summed E-state index contributed by atoms with van der Waals surface area (Å²) in [5.74, 6) is -0.337. The maximum Gasteiger partial charge on any atom is 0.243 e. The fraction of sp³-hybridized carbons (Fsp3) is 0.350. The Hall–Kier alpha value is -2.34. The molecule has 5 nitrogen and oxygen atoms in total. The predicted molar refractivity (Wildman–Crippen MR) is 106 cm³/mol. The molecule has 1 atom stereocenters. The van der Waals surface area contributed by atoms with E-state index in [2.05, 4.69) is 5.32 Å². The number of aryl methyl sites for hydroxylation is 3. The monoisotopic (exact) mass is 374 g/mol. The zero-order chi connectivity index (χ0) is 19.5. The number of nitrogens with zero attached hydrogens (tertiary/aromatic N) is 1. The van der Waals surface area contributed by atoms with E-state index in [1.54, 1.807) is 19.1 Å². The van der Waals surface area contributed by atoms with Crippen LogP contribution in [0.4, 0.5) is 5.69 Å². The second-order valence-corrected chi connectivity index (χ2v) is 8.65. The summed E-state index contributed by atoms with van der Waals surface area (Å²) in [6, 6.07) is 12.5. The molecule has 1 amide bonds. The number of hydrogen-bond acceptors (Lipinski definition) is 3. The molecule has 0 fully saturated rings. The molecule has 26 heavy (non-hydrogen) atoms. The molecule has 0 radical (unpaired) electrons. The lowest BCUT2D eigenvalue weighted by molar-refractivity contribution is -0.122. The Kier molecular flexibility index (Phi) is 6.08. The molecule has 2 rings (SSSR count). The molecule has 1 N–H and O–H groups in total. The smallest absolute Gasteiger partial charge is 0.243 e. The van der Waals surface area contributed by atoms with E-state index in [-0.39, 0.29) is 5.91 Å². The van der Waals surface area contributed by atoms with Crippen LogP contribution in [0.3, 0.4) is 0 Å². The van der Waals surface area contributed by atoms with Gasteiger partial charge in [-0.15, -0.1) is 0 Å². The van der Waals surface area contributed by atoms with Gasteiger partial charge in [-0.3, -0.25) is 9.10 Å². The molecule has 0 unspecified atom stereocenters. The normalized spacial score (nSPS) is 12.5. The Morgan fingerprint density at radius 3 is 2.19 bits per heavy atom. The van der Waals surface area contributed by atoms with E-state index in [4.69, 9.17) is 0 Å². The zero-order valence-electron chi connectivity index (χ0n) is 15.9. The second-order valence-electron chi connectivity index (χ2n) is 6.79. The number of anilines is 1. The van der Waals surface area contributed by atoms with Crippen molar-refractivity contribution in [1.82, 2.24) is 5.32 Å². The molecule has 2 aromatic rings. The zero-order valence-corrected chi connectivity index (χ0v) is 16.7. The summed E-state index contributed by atoms with van der Waals surface area (Å²) in [7, 11) is -3.61. The van der Waals surface area contributed by atoms with Gasteiger partial charge < -0.3 is 5.32 Å². The lowest BCUT2D eigenvalue weighted by Crippen LogP contribution is -2.47. The first kappa shape index (κ1) is 20.0. The van der Waals surface area contributed by atoms with Crippen molar-refractivity contribution in [3.63, 3.8) is 0 Å². The van der Waals surface area contributed by atoms with E-state index in [0.29, 0.717) is 12.2 Å². The summed E-state index contributed by atoms with van der Waals surface area (Å²) in [5.41, 5.74) is 4.48. The first-order valence-corrected chi connectivity index (χ1v) is 10.3. The highest BCUT2D eigenvalue weighted by Gasteiger charge is 2.29. The average molecular weight is 375 g/mol. The van der Waals surface area contributed by atoms with Crippen LogP contribution < -0.4 is 9.62 Å². The molecule has 6 heteroatoms. The highest BCUT2D eigenvalue weighted by molar-refractivity contribution is 7.92. The minimum Gasteiger partial charge on any atom is -0.350 e. The number of amides is 1. The molecule has 140 valence electrons. The molecule has 0 spiro atoms. The van der Waals surface area contributed by atoms with Gasteiger partial charge in [0.15, 0.2) is 0 Å². The molecule has 0 aliphatic carbocycles. The average Bonchev–Trinajstić information content (AvgIpc) is 2.50. The van der Waals surface area contributed by atoms with Gasteiger partial charge in [0.05, 0.1) is 11.9 Å². The quantitative estimate of drug-likeness (QED) is 0.845. The number of sulfonamides is 1. The highest BCUT2D eigenvalue weighted by Crippen LogP contribution is 2.24. The van der Waals surface area contributed by atoms with E-state index in [1.165, 1.54) is 4.31 Å². The van der Waals surface area contributed by atoms with Crippen LogP contribution in [0.5, 0.6) is 0 Å². The largest absolute Gasteiger partial charge is 0.350 e. The topological polar surface area (TPSA) is 66.5 Å². The molecule has 0 heterocycles. The number of carbonyl (C=O) groups excluding carboxylic acids is 1. The van der Waals surface area contributed by atoms with Crippen molar-refractivity contribution in [2.24, 2.45) is 0 Å². The van der Waals surface area contributed by atoms with Crippen molar-refractivity contribution < 1.29 is 13.2 Å². The molecule has 0 aromatic heterocycles. The van der Waals surface area contributed by atoms with Crippen molar-refractivity contribution in [3.8, 4) is 0 Å². The van der Waals surface area contributed by atoms with Crippen LogP contribution in [0.25, 0.3) is 0 Å². The van der Waals surface area contributed by atoms with Crippen molar-refractivity contribution >= 4 is 21.6 Å². The first-order chi connectivity index (χ1) is 12.1. The van der Waals surface area contributed by atoms with E-state index >= 15 is 0 Å². The fourth-order valence-electron chi connectivity index (χ4n) is 3.05. The summed E-state index contributed by atoms with van der Waals surface area (Å²) in [5, 5.41) is 2.83. The minimum absolute atomic E-state index is 0.337. The Morgan fingerprint density at radius 2 is 1.65 bits per heavy atom. The molecule has 2 aromatic carbocycles. The van der Waals surface area contributed by atoms with E-state index < -0.39 is 16.1 Å². The maximum absolute atomic E-state index is 12.6. The summed E-state index contributed by atoms with van der Waals surface area (Å²) in [4.78, 5) is 12.6. The van der Waals surface area contributed by atoms with Crippen LogP contribution in [0.15, 0.2) is 42.5 Å². The molecule has 0 aliphatic heterocycles. The maximum atomic E-state index is 12.6. The molecule has 0 bridgehead atoms. The van der Waals surface area contributed by atoms with Crippen molar-refractivity contribution in [3.05, 3.63) is 64.7 Å². The van der Waals surface area contributed by atoms with Crippen molar-refractivity contribution in [2.45, 2.75) is 40.3 Å². The number of benzene rings is 2. The number of carbonyl (C=O) groups is 1. The highest BCUT2D eigenvalue weighted by atomic mass is 32.2.